The highest BCUT2D eigenvalue weighted by atomic mass is 16.7. The molecular formula is C50H95NO10. The summed E-state index contributed by atoms with van der Waals surface area (Å²) in [5, 5.41) is 75.5. The molecule has 1 rings (SSSR count). The van der Waals surface area contributed by atoms with E-state index in [2.05, 4.69) is 43.5 Å². The van der Waals surface area contributed by atoms with Crippen LogP contribution in [0, 0.1) is 0 Å². The van der Waals surface area contributed by atoms with Crippen molar-refractivity contribution in [1.29, 1.82) is 0 Å². The van der Waals surface area contributed by atoms with E-state index in [9.17, 15) is 40.5 Å². The normalized spacial score (nSPS) is 21.6. The van der Waals surface area contributed by atoms with Gasteiger partial charge in [0.2, 0.25) is 5.91 Å². The molecule has 9 atom stereocenters. The SMILES string of the molecule is CCCC/C=C\CCCCCC(O)C(=O)NC(COC1OC(CO)C(O)C(O)C1O)C(O)C(O)CCC/C=C/CCCCCCCCCCCCCCCCCCCCCC. The van der Waals surface area contributed by atoms with Crippen LogP contribution in [0.2, 0.25) is 0 Å². The molecule has 0 aromatic heterocycles. The zero-order chi connectivity index (χ0) is 44.8. The Morgan fingerprint density at radius 3 is 1.46 bits per heavy atom. The lowest BCUT2D eigenvalue weighted by Gasteiger charge is -2.40. The predicted molar refractivity (Wildman–Crippen MR) is 247 cm³/mol. The van der Waals surface area contributed by atoms with Crippen molar-refractivity contribution in [3.63, 3.8) is 0 Å². The molecule has 8 N–H and O–H groups in total. The molecule has 1 saturated heterocycles. The topological polar surface area (TPSA) is 189 Å². The lowest BCUT2D eigenvalue weighted by atomic mass is 9.98. The second-order valence-electron chi connectivity index (χ2n) is 17.9. The summed E-state index contributed by atoms with van der Waals surface area (Å²) in [7, 11) is 0. The molecule has 1 fully saturated rings. The van der Waals surface area contributed by atoms with E-state index in [1.54, 1.807) is 0 Å². The molecule has 0 bridgehead atoms. The van der Waals surface area contributed by atoms with E-state index >= 15 is 0 Å². The van der Waals surface area contributed by atoms with Gasteiger partial charge >= 0.3 is 0 Å². The number of carbonyl (C=O) groups excluding carboxylic acids is 1. The molecule has 1 amide bonds. The van der Waals surface area contributed by atoms with Crippen LogP contribution in [0.1, 0.15) is 219 Å². The number of unbranched alkanes of at least 4 members (excludes halogenated alkanes) is 26. The standard InChI is InChI=1S/C50H95NO10/c1-3-5-7-9-11-13-14-15-16-17-18-19-20-21-22-23-24-25-26-27-28-30-31-33-35-37-42(53)45(55)41(40-60-50-48(58)47(57)46(56)44(39-52)61-50)51-49(59)43(54)38-36-34-32-29-12-10-8-6-4-2/h10,12,30-31,41-48,50,52-58H,3-9,11,13-29,32-40H2,1-2H3,(H,51,59)/b12-10-,31-30+. The number of carbonyl (C=O) groups is 1. The van der Waals surface area contributed by atoms with Crippen LogP contribution in [0.15, 0.2) is 24.3 Å². The molecule has 11 nitrogen and oxygen atoms in total. The van der Waals surface area contributed by atoms with Crippen LogP contribution in [0.4, 0.5) is 0 Å². The summed E-state index contributed by atoms with van der Waals surface area (Å²) < 4.78 is 11.1. The zero-order valence-corrected chi connectivity index (χ0v) is 38.9. The first-order valence-corrected chi connectivity index (χ1v) is 25.2. The average Bonchev–Trinajstić information content (AvgIpc) is 3.26. The van der Waals surface area contributed by atoms with Gasteiger partial charge in [-0.2, -0.15) is 0 Å². The smallest absolute Gasteiger partial charge is 0.249 e. The minimum atomic E-state index is -1.67. The summed E-state index contributed by atoms with van der Waals surface area (Å²) in [5.41, 5.74) is 0. The largest absolute Gasteiger partial charge is 0.394 e. The number of allylic oxidation sites excluding steroid dienone is 4. The molecule has 0 spiro atoms. The Hall–Kier alpha value is -1.41. The number of hydrogen-bond donors (Lipinski definition) is 8. The molecule has 360 valence electrons. The van der Waals surface area contributed by atoms with E-state index in [1.165, 1.54) is 135 Å². The van der Waals surface area contributed by atoms with E-state index in [-0.39, 0.29) is 12.8 Å². The third-order valence-electron chi connectivity index (χ3n) is 12.2. The van der Waals surface area contributed by atoms with Crippen molar-refractivity contribution in [3.05, 3.63) is 24.3 Å². The summed E-state index contributed by atoms with van der Waals surface area (Å²) in [5.74, 6) is -0.721. The average molecular weight is 870 g/mol. The fraction of sp³-hybridized carbons (Fsp3) is 0.900. The first kappa shape index (κ1) is 57.6. The van der Waals surface area contributed by atoms with Crippen molar-refractivity contribution in [3.8, 4) is 0 Å². The molecule has 0 aromatic carbocycles. The molecule has 11 heteroatoms. The van der Waals surface area contributed by atoms with E-state index < -0.39 is 74.2 Å². The van der Waals surface area contributed by atoms with Crippen molar-refractivity contribution in [2.24, 2.45) is 0 Å². The van der Waals surface area contributed by atoms with Gasteiger partial charge in [-0.25, -0.2) is 0 Å². The van der Waals surface area contributed by atoms with E-state index in [1.807, 2.05) is 0 Å². The molecule has 1 heterocycles. The molecule has 0 saturated carbocycles. The van der Waals surface area contributed by atoms with Gasteiger partial charge in [0, 0.05) is 0 Å². The summed E-state index contributed by atoms with van der Waals surface area (Å²) in [6.07, 6.45) is 34.1. The molecule has 0 aliphatic carbocycles. The third-order valence-corrected chi connectivity index (χ3v) is 12.2. The molecule has 61 heavy (non-hydrogen) atoms. The monoisotopic (exact) mass is 870 g/mol. The van der Waals surface area contributed by atoms with Crippen LogP contribution in [0.5, 0.6) is 0 Å². The highest BCUT2D eigenvalue weighted by molar-refractivity contribution is 5.80. The fourth-order valence-corrected chi connectivity index (χ4v) is 8.01. The fourth-order valence-electron chi connectivity index (χ4n) is 8.01. The third kappa shape index (κ3) is 29.6. The Morgan fingerprint density at radius 2 is 0.984 bits per heavy atom. The van der Waals surface area contributed by atoms with E-state index in [4.69, 9.17) is 9.47 Å². The van der Waals surface area contributed by atoms with Crippen LogP contribution >= 0.6 is 0 Å². The zero-order valence-electron chi connectivity index (χ0n) is 38.9. The molecule has 0 radical (unpaired) electrons. The number of aliphatic hydroxyl groups excluding tert-OH is 7. The quantitative estimate of drug-likeness (QED) is 0.0217. The maximum Gasteiger partial charge on any atom is 0.249 e. The van der Waals surface area contributed by atoms with E-state index in [0.717, 1.165) is 44.9 Å². The minimum absolute atomic E-state index is 0.232. The van der Waals surface area contributed by atoms with Crippen molar-refractivity contribution in [2.45, 2.75) is 274 Å². The first-order chi connectivity index (χ1) is 29.7. The van der Waals surface area contributed by atoms with Gasteiger partial charge in [0.25, 0.3) is 0 Å². The van der Waals surface area contributed by atoms with Gasteiger partial charge < -0.3 is 50.5 Å². The second kappa shape index (κ2) is 40.1. The lowest BCUT2D eigenvalue weighted by Crippen LogP contribution is -2.60. The number of aliphatic hydroxyl groups is 7. The predicted octanol–water partition coefficient (Wildman–Crippen LogP) is 9.01. The van der Waals surface area contributed by atoms with Crippen LogP contribution < -0.4 is 5.32 Å². The van der Waals surface area contributed by atoms with E-state index in [0.29, 0.717) is 12.8 Å². The van der Waals surface area contributed by atoms with Gasteiger partial charge in [-0.3, -0.25) is 4.79 Å². The van der Waals surface area contributed by atoms with Gasteiger partial charge in [0.05, 0.1) is 25.4 Å². The highest BCUT2D eigenvalue weighted by Gasteiger charge is 2.44. The maximum absolute atomic E-state index is 13.0. The Bertz CT molecular complexity index is 1040. The summed E-state index contributed by atoms with van der Waals surface area (Å²) in [6.45, 7) is 3.36. The van der Waals surface area contributed by atoms with Gasteiger partial charge in [-0.15, -0.1) is 0 Å². The summed E-state index contributed by atoms with van der Waals surface area (Å²) >= 11 is 0. The molecule has 9 unspecified atom stereocenters. The van der Waals surface area contributed by atoms with Crippen molar-refractivity contribution in [1.82, 2.24) is 5.32 Å². The Morgan fingerprint density at radius 1 is 0.557 bits per heavy atom. The van der Waals surface area contributed by atoms with Gasteiger partial charge in [0.15, 0.2) is 6.29 Å². The minimum Gasteiger partial charge on any atom is -0.394 e. The van der Waals surface area contributed by atoms with Crippen molar-refractivity contribution < 1.29 is 50.0 Å². The highest BCUT2D eigenvalue weighted by Crippen LogP contribution is 2.23. The van der Waals surface area contributed by atoms with Crippen LogP contribution in [0.3, 0.4) is 0 Å². The lowest BCUT2D eigenvalue weighted by molar-refractivity contribution is -0.303. The van der Waals surface area contributed by atoms with Crippen molar-refractivity contribution in [2.75, 3.05) is 13.2 Å². The van der Waals surface area contributed by atoms with Crippen LogP contribution in [-0.2, 0) is 14.3 Å². The second-order valence-corrected chi connectivity index (χ2v) is 17.9. The summed E-state index contributed by atoms with van der Waals surface area (Å²) in [4.78, 5) is 13.0. The Kier molecular flexibility index (Phi) is 37.9. The van der Waals surface area contributed by atoms with Gasteiger partial charge in [0.1, 0.15) is 36.6 Å². The Labute approximate surface area is 372 Å². The maximum atomic E-state index is 13.0. The molecule has 1 aliphatic heterocycles. The van der Waals surface area contributed by atoms with Gasteiger partial charge in [-0.05, 0) is 57.8 Å². The number of ether oxygens (including phenoxy) is 2. The Balaban J connectivity index is 2.32. The van der Waals surface area contributed by atoms with Crippen LogP contribution in [0.25, 0.3) is 0 Å². The molecule has 0 aromatic rings. The summed E-state index contributed by atoms with van der Waals surface area (Å²) in [6, 6.07) is -1.19. The number of hydrogen-bond acceptors (Lipinski definition) is 10. The van der Waals surface area contributed by atoms with Crippen molar-refractivity contribution >= 4 is 5.91 Å². The van der Waals surface area contributed by atoms with Crippen LogP contribution in [-0.4, -0.2) is 110 Å². The molecular weight excluding hydrogens is 775 g/mol. The van der Waals surface area contributed by atoms with Gasteiger partial charge in [-0.1, -0.05) is 186 Å². The number of rotatable bonds is 42. The number of nitrogens with one attached hydrogen (secondary N) is 1. The first-order valence-electron chi connectivity index (χ1n) is 25.2. The molecule has 1 aliphatic rings. The number of amides is 1.